The second kappa shape index (κ2) is 7.68. The van der Waals surface area contributed by atoms with Gasteiger partial charge in [-0.2, -0.15) is 5.10 Å². The van der Waals surface area contributed by atoms with Gasteiger partial charge < -0.3 is 9.80 Å². The molecule has 1 fully saturated rings. The normalized spacial score (nSPS) is 14.8. The second-order valence-corrected chi connectivity index (χ2v) is 6.62. The summed E-state index contributed by atoms with van der Waals surface area (Å²) in [7, 11) is 0. The van der Waals surface area contributed by atoms with E-state index in [2.05, 4.69) is 10.2 Å². The number of carbonyl (C=O) groups is 1. The average Bonchev–Trinajstić information content (AvgIpc) is 2.61. The van der Waals surface area contributed by atoms with Crippen molar-refractivity contribution in [1.29, 1.82) is 0 Å². The molecule has 0 spiro atoms. The molecule has 1 aromatic carbocycles. The summed E-state index contributed by atoms with van der Waals surface area (Å²) in [5.74, 6) is -0.282. The van der Waals surface area contributed by atoms with Crippen molar-refractivity contribution in [2.24, 2.45) is 0 Å². The van der Waals surface area contributed by atoms with Gasteiger partial charge in [-0.3, -0.25) is 9.59 Å². The number of aromatic amines is 1. The van der Waals surface area contributed by atoms with Gasteiger partial charge in [0.25, 0.3) is 5.56 Å². The SMILES string of the molecule is CCCc1c(N2CCN(Cc3ccc(F)cc3C)C(=O)C2)cn[nH]c1=O. The molecule has 138 valence electrons. The number of nitrogens with one attached hydrogen (secondary N) is 1. The van der Waals surface area contributed by atoms with Crippen LogP contribution >= 0.6 is 0 Å². The van der Waals surface area contributed by atoms with E-state index in [1.54, 1.807) is 17.2 Å². The van der Waals surface area contributed by atoms with Crippen LogP contribution in [0.2, 0.25) is 0 Å². The van der Waals surface area contributed by atoms with E-state index in [0.29, 0.717) is 31.6 Å². The van der Waals surface area contributed by atoms with E-state index >= 15 is 0 Å². The van der Waals surface area contributed by atoms with Crippen LogP contribution in [-0.2, 0) is 17.8 Å². The standard InChI is InChI=1S/C19H23FN4O2/c1-3-4-16-17(10-21-22-19(16)26)23-7-8-24(18(25)12-23)11-14-5-6-15(20)9-13(14)2/h5-6,9-10H,3-4,7-8,11-12H2,1-2H3,(H,22,26). The van der Waals surface area contributed by atoms with E-state index in [0.717, 1.165) is 23.2 Å². The third kappa shape index (κ3) is 3.76. The molecule has 1 aromatic heterocycles. The van der Waals surface area contributed by atoms with Gasteiger partial charge in [0, 0.05) is 25.2 Å². The molecule has 0 unspecified atom stereocenters. The highest BCUT2D eigenvalue weighted by atomic mass is 19.1. The molecule has 2 aromatic rings. The van der Waals surface area contributed by atoms with Crippen molar-refractivity contribution in [3.63, 3.8) is 0 Å². The average molecular weight is 358 g/mol. The number of nitrogens with zero attached hydrogens (tertiary/aromatic N) is 3. The number of hydrogen-bond donors (Lipinski definition) is 1. The Bertz CT molecular complexity index is 865. The number of amides is 1. The van der Waals surface area contributed by atoms with Gasteiger partial charge in [-0.25, -0.2) is 9.49 Å². The fourth-order valence-corrected chi connectivity index (χ4v) is 3.30. The van der Waals surface area contributed by atoms with Crippen LogP contribution in [0.5, 0.6) is 0 Å². The van der Waals surface area contributed by atoms with Crippen LogP contribution in [-0.4, -0.2) is 40.6 Å². The van der Waals surface area contributed by atoms with Gasteiger partial charge in [0.15, 0.2) is 0 Å². The lowest BCUT2D eigenvalue weighted by atomic mass is 10.1. The third-order valence-corrected chi connectivity index (χ3v) is 4.76. The van der Waals surface area contributed by atoms with Crippen LogP contribution in [0.3, 0.4) is 0 Å². The summed E-state index contributed by atoms with van der Waals surface area (Å²) in [6, 6.07) is 4.63. The first-order valence-corrected chi connectivity index (χ1v) is 8.84. The minimum Gasteiger partial charge on any atom is -0.359 e. The molecule has 0 bridgehead atoms. The fraction of sp³-hybridized carbons (Fsp3) is 0.421. The fourth-order valence-electron chi connectivity index (χ4n) is 3.30. The van der Waals surface area contributed by atoms with Crippen molar-refractivity contribution < 1.29 is 9.18 Å². The summed E-state index contributed by atoms with van der Waals surface area (Å²) in [6.07, 6.45) is 3.12. The molecule has 0 atom stereocenters. The molecule has 7 heteroatoms. The van der Waals surface area contributed by atoms with Crippen LogP contribution < -0.4 is 10.5 Å². The molecule has 1 aliphatic rings. The minimum atomic E-state index is -0.271. The van der Waals surface area contributed by atoms with Gasteiger partial charge in [-0.05, 0) is 36.6 Å². The highest BCUT2D eigenvalue weighted by Crippen LogP contribution is 2.21. The summed E-state index contributed by atoms with van der Waals surface area (Å²) in [5.41, 5.74) is 3.00. The van der Waals surface area contributed by atoms with Gasteiger partial charge in [-0.1, -0.05) is 19.4 Å². The van der Waals surface area contributed by atoms with E-state index in [1.165, 1.54) is 12.1 Å². The Morgan fingerprint density at radius 2 is 2.08 bits per heavy atom. The molecule has 3 rings (SSSR count). The zero-order chi connectivity index (χ0) is 18.7. The third-order valence-electron chi connectivity index (χ3n) is 4.76. The molecular formula is C19H23FN4O2. The van der Waals surface area contributed by atoms with E-state index < -0.39 is 0 Å². The lowest BCUT2D eigenvalue weighted by Gasteiger charge is -2.36. The Balaban J connectivity index is 1.74. The molecule has 0 radical (unpaired) electrons. The minimum absolute atomic E-state index is 0.0114. The van der Waals surface area contributed by atoms with Crippen molar-refractivity contribution >= 4 is 11.6 Å². The summed E-state index contributed by atoms with van der Waals surface area (Å²) in [6.45, 7) is 5.72. The van der Waals surface area contributed by atoms with Crippen LogP contribution in [0.15, 0.2) is 29.2 Å². The lowest BCUT2D eigenvalue weighted by molar-refractivity contribution is -0.131. The van der Waals surface area contributed by atoms with Gasteiger partial charge in [0.2, 0.25) is 5.91 Å². The maximum absolute atomic E-state index is 13.3. The topological polar surface area (TPSA) is 69.3 Å². The highest BCUT2D eigenvalue weighted by Gasteiger charge is 2.26. The number of halogens is 1. The smallest absolute Gasteiger partial charge is 0.269 e. The zero-order valence-electron chi connectivity index (χ0n) is 15.1. The summed E-state index contributed by atoms with van der Waals surface area (Å²) in [4.78, 5) is 28.4. The quantitative estimate of drug-likeness (QED) is 0.888. The van der Waals surface area contributed by atoms with Gasteiger partial charge in [-0.15, -0.1) is 0 Å². The van der Waals surface area contributed by atoms with Gasteiger partial charge >= 0.3 is 0 Å². The Labute approximate surface area is 151 Å². The predicted molar refractivity (Wildman–Crippen MR) is 97.6 cm³/mol. The molecular weight excluding hydrogens is 335 g/mol. The Morgan fingerprint density at radius 1 is 1.27 bits per heavy atom. The first-order chi connectivity index (χ1) is 12.5. The first kappa shape index (κ1) is 18.1. The maximum Gasteiger partial charge on any atom is 0.269 e. The zero-order valence-corrected chi connectivity index (χ0v) is 15.1. The van der Waals surface area contributed by atoms with Crippen molar-refractivity contribution in [2.45, 2.75) is 33.2 Å². The van der Waals surface area contributed by atoms with Crippen molar-refractivity contribution in [3.05, 3.63) is 57.3 Å². The van der Waals surface area contributed by atoms with E-state index in [-0.39, 0.29) is 23.8 Å². The number of aromatic nitrogens is 2. The number of rotatable bonds is 5. The molecule has 0 saturated carbocycles. The first-order valence-electron chi connectivity index (χ1n) is 8.84. The lowest BCUT2D eigenvalue weighted by Crippen LogP contribution is -2.50. The largest absolute Gasteiger partial charge is 0.359 e. The molecule has 1 saturated heterocycles. The number of anilines is 1. The predicted octanol–water partition coefficient (Wildman–Crippen LogP) is 2.02. The van der Waals surface area contributed by atoms with Crippen molar-refractivity contribution in [3.8, 4) is 0 Å². The van der Waals surface area contributed by atoms with E-state index in [1.807, 2.05) is 18.7 Å². The molecule has 2 heterocycles. The van der Waals surface area contributed by atoms with Crippen molar-refractivity contribution in [2.75, 3.05) is 24.5 Å². The summed E-state index contributed by atoms with van der Waals surface area (Å²) >= 11 is 0. The van der Waals surface area contributed by atoms with Crippen LogP contribution in [0.4, 0.5) is 10.1 Å². The molecule has 1 amide bonds. The summed E-state index contributed by atoms with van der Waals surface area (Å²) < 4.78 is 13.3. The summed E-state index contributed by atoms with van der Waals surface area (Å²) in [5, 5.41) is 6.36. The van der Waals surface area contributed by atoms with E-state index in [4.69, 9.17) is 0 Å². The molecule has 26 heavy (non-hydrogen) atoms. The number of benzene rings is 1. The molecule has 1 N–H and O–H groups in total. The molecule has 6 nitrogen and oxygen atoms in total. The number of carbonyl (C=O) groups excluding carboxylic acids is 1. The monoisotopic (exact) mass is 358 g/mol. The molecule has 0 aliphatic carbocycles. The van der Waals surface area contributed by atoms with Crippen LogP contribution in [0, 0.1) is 12.7 Å². The number of hydrogen-bond acceptors (Lipinski definition) is 4. The van der Waals surface area contributed by atoms with Gasteiger partial charge in [0.1, 0.15) is 5.82 Å². The second-order valence-electron chi connectivity index (χ2n) is 6.62. The highest BCUT2D eigenvalue weighted by molar-refractivity contribution is 5.83. The maximum atomic E-state index is 13.3. The van der Waals surface area contributed by atoms with Crippen LogP contribution in [0.1, 0.15) is 30.0 Å². The van der Waals surface area contributed by atoms with E-state index in [9.17, 15) is 14.0 Å². The Kier molecular flexibility index (Phi) is 5.35. The van der Waals surface area contributed by atoms with Gasteiger partial charge in [0.05, 0.1) is 18.4 Å². The number of piperazine rings is 1. The molecule has 1 aliphatic heterocycles. The number of H-pyrrole nitrogens is 1. The van der Waals surface area contributed by atoms with Crippen LogP contribution in [0.25, 0.3) is 0 Å². The Morgan fingerprint density at radius 3 is 2.77 bits per heavy atom. The van der Waals surface area contributed by atoms with Crippen molar-refractivity contribution in [1.82, 2.24) is 15.1 Å². The Hall–Kier alpha value is -2.70. The number of aryl methyl sites for hydroxylation is 1.